The van der Waals surface area contributed by atoms with Gasteiger partial charge in [0, 0.05) is 24.1 Å². The van der Waals surface area contributed by atoms with Crippen molar-refractivity contribution in [2.24, 2.45) is 0 Å². The maximum atomic E-state index is 12.2. The minimum absolute atomic E-state index is 0.0889. The van der Waals surface area contributed by atoms with E-state index in [1.807, 2.05) is 24.3 Å². The summed E-state index contributed by atoms with van der Waals surface area (Å²) in [5.41, 5.74) is 4.08. The molecule has 0 aromatic heterocycles. The lowest BCUT2D eigenvalue weighted by Gasteiger charge is -2.25. The Bertz CT molecular complexity index is 873. The summed E-state index contributed by atoms with van der Waals surface area (Å²) >= 11 is 6.47. The van der Waals surface area contributed by atoms with Crippen LogP contribution < -0.4 is 10.6 Å². The van der Waals surface area contributed by atoms with E-state index in [0.29, 0.717) is 35.2 Å². The molecule has 0 bridgehead atoms. The van der Waals surface area contributed by atoms with Crippen molar-refractivity contribution in [3.8, 4) is 5.75 Å². The van der Waals surface area contributed by atoms with Gasteiger partial charge in [-0.2, -0.15) is 0 Å². The second-order valence-electron chi connectivity index (χ2n) is 7.04. The van der Waals surface area contributed by atoms with E-state index in [4.69, 9.17) is 11.6 Å². The number of halogens is 1. The quantitative estimate of drug-likeness (QED) is 0.619. The highest BCUT2D eigenvalue weighted by atomic mass is 35.5. The Morgan fingerprint density at radius 1 is 1.26 bits per heavy atom. The minimum atomic E-state index is -0.478. The number of rotatable bonds is 5. The lowest BCUT2D eigenvalue weighted by atomic mass is 9.92. The van der Waals surface area contributed by atoms with Crippen molar-refractivity contribution in [1.29, 1.82) is 0 Å². The van der Waals surface area contributed by atoms with Gasteiger partial charge in [0.2, 0.25) is 5.91 Å². The number of fused-ring (bicyclic) bond motifs is 1. The normalized spacial score (nSPS) is 13.8. The molecule has 1 aliphatic heterocycles. The monoisotopic (exact) mass is 384 g/mol. The van der Waals surface area contributed by atoms with E-state index < -0.39 is 6.04 Å². The Kier molecular flexibility index (Phi) is 5.76. The molecule has 0 aliphatic carbocycles. The van der Waals surface area contributed by atoms with Gasteiger partial charge in [-0.25, -0.2) is 0 Å². The molecule has 142 valence electrons. The van der Waals surface area contributed by atoms with Gasteiger partial charge in [-0.05, 0) is 23.1 Å². The number of hydrogen-bond acceptors (Lipinski definition) is 3. The third kappa shape index (κ3) is 3.96. The van der Waals surface area contributed by atoms with Crippen LogP contribution in [0.2, 0.25) is 5.02 Å². The van der Waals surface area contributed by atoms with Crippen molar-refractivity contribution in [1.82, 2.24) is 5.32 Å². The van der Waals surface area contributed by atoms with Crippen LogP contribution in [0.3, 0.4) is 0 Å². The Hall–Kier alpha value is -2.46. The highest BCUT2D eigenvalue weighted by molar-refractivity contribution is 6.33. The van der Waals surface area contributed by atoms with Crippen LogP contribution in [0.5, 0.6) is 5.75 Å². The van der Waals surface area contributed by atoms with E-state index in [-0.39, 0.29) is 11.7 Å². The summed E-state index contributed by atoms with van der Waals surface area (Å²) in [5, 5.41) is 17.6. The molecule has 0 spiro atoms. The SMILES string of the molecule is CCC(=O)NC(c1ccc(C(C)C)cc1)c1cc(Cl)c2c(c1O)NCC=C2. The van der Waals surface area contributed by atoms with Gasteiger partial charge in [0.25, 0.3) is 0 Å². The largest absolute Gasteiger partial charge is 0.505 e. The molecule has 1 unspecified atom stereocenters. The molecule has 0 fully saturated rings. The van der Waals surface area contributed by atoms with Crippen LogP contribution in [-0.4, -0.2) is 17.6 Å². The van der Waals surface area contributed by atoms with Crippen molar-refractivity contribution in [2.45, 2.75) is 39.2 Å². The minimum Gasteiger partial charge on any atom is -0.505 e. The van der Waals surface area contributed by atoms with E-state index in [0.717, 1.165) is 11.1 Å². The highest BCUT2D eigenvalue weighted by Crippen LogP contribution is 2.43. The van der Waals surface area contributed by atoms with E-state index in [1.165, 1.54) is 5.56 Å². The first-order valence-electron chi connectivity index (χ1n) is 9.27. The summed E-state index contributed by atoms with van der Waals surface area (Å²) < 4.78 is 0. The van der Waals surface area contributed by atoms with Gasteiger partial charge in [-0.3, -0.25) is 4.79 Å². The van der Waals surface area contributed by atoms with E-state index in [9.17, 15) is 9.90 Å². The molecule has 0 saturated heterocycles. The number of benzene rings is 2. The second kappa shape index (κ2) is 8.05. The smallest absolute Gasteiger partial charge is 0.220 e. The Balaban J connectivity index is 2.10. The molecule has 27 heavy (non-hydrogen) atoms. The van der Waals surface area contributed by atoms with Crippen LogP contribution in [0.25, 0.3) is 6.08 Å². The zero-order chi connectivity index (χ0) is 19.6. The van der Waals surface area contributed by atoms with Gasteiger partial charge >= 0.3 is 0 Å². The van der Waals surface area contributed by atoms with Gasteiger partial charge in [0.15, 0.2) is 0 Å². The average Bonchev–Trinajstić information content (AvgIpc) is 2.69. The summed E-state index contributed by atoms with van der Waals surface area (Å²) in [6, 6.07) is 9.37. The summed E-state index contributed by atoms with van der Waals surface area (Å²) in [7, 11) is 0. The molecule has 1 atom stereocenters. The van der Waals surface area contributed by atoms with Crippen LogP contribution in [0.1, 0.15) is 61.4 Å². The van der Waals surface area contributed by atoms with Crippen molar-refractivity contribution >= 4 is 29.3 Å². The average molecular weight is 385 g/mol. The summed E-state index contributed by atoms with van der Waals surface area (Å²) in [4.78, 5) is 12.2. The summed E-state index contributed by atoms with van der Waals surface area (Å²) in [6.45, 7) is 6.70. The first-order valence-corrected chi connectivity index (χ1v) is 9.65. The van der Waals surface area contributed by atoms with Crippen molar-refractivity contribution in [2.75, 3.05) is 11.9 Å². The number of anilines is 1. The van der Waals surface area contributed by atoms with Crippen LogP contribution in [0.4, 0.5) is 5.69 Å². The van der Waals surface area contributed by atoms with Crippen LogP contribution >= 0.6 is 11.6 Å². The van der Waals surface area contributed by atoms with Gasteiger partial charge < -0.3 is 15.7 Å². The van der Waals surface area contributed by atoms with E-state index >= 15 is 0 Å². The molecular weight excluding hydrogens is 360 g/mol. The van der Waals surface area contributed by atoms with Gasteiger partial charge in [0.1, 0.15) is 5.75 Å². The number of nitrogens with one attached hydrogen (secondary N) is 2. The van der Waals surface area contributed by atoms with Crippen LogP contribution in [0.15, 0.2) is 36.4 Å². The number of amides is 1. The number of carbonyl (C=O) groups excluding carboxylic acids is 1. The van der Waals surface area contributed by atoms with E-state index in [2.05, 4.69) is 36.6 Å². The predicted molar refractivity (Wildman–Crippen MR) is 111 cm³/mol. The third-order valence-corrected chi connectivity index (χ3v) is 5.19. The number of aromatic hydroxyl groups is 1. The molecule has 0 radical (unpaired) electrons. The molecule has 0 saturated carbocycles. The molecule has 3 rings (SSSR count). The number of phenols is 1. The molecule has 1 amide bonds. The molecule has 2 aromatic carbocycles. The van der Waals surface area contributed by atoms with Crippen molar-refractivity contribution in [3.63, 3.8) is 0 Å². The standard InChI is InChI=1S/C22H25ClN2O2/c1-4-19(26)25-20(15-9-7-14(8-10-15)13(2)3)17-12-18(23)16-6-5-11-24-21(16)22(17)27/h5-10,12-13,20,24,27H,4,11H2,1-3H3,(H,25,26). The fourth-order valence-corrected chi connectivity index (χ4v) is 3.53. The molecule has 3 N–H and O–H groups in total. The van der Waals surface area contributed by atoms with Gasteiger partial charge in [0.05, 0.1) is 16.8 Å². The zero-order valence-corrected chi connectivity index (χ0v) is 16.6. The van der Waals surface area contributed by atoms with Gasteiger partial charge in [-0.15, -0.1) is 0 Å². The van der Waals surface area contributed by atoms with Gasteiger partial charge in [-0.1, -0.05) is 68.8 Å². The topological polar surface area (TPSA) is 61.4 Å². The first kappa shape index (κ1) is 19.3. The molecule has 1 heterocycles. The van der Waals surface area contributed by atoms with Crippen LogP contribution in [-0.2, 0) is 4.79 Å². The highest BCUT2D eigenvalue weighted by Gasteiger charge is 2.25. The number of hydrogen-bond donors (Lipinski definition) is 3. The third-order valence-electron chi connectivity index (χ3n) is 4.87. The Morgan fingerprint density at radius 2 is 1.93 bits per heavy atom. The maximum Gasteiger partial charge on any atom is 0.220 e. The fourth-order valence-electron chi connectivity index (χ4n) is 3.25. The maximum absolute atomic E-state index is 12.2. The lowest BCUT2D eigenvalue weighted by molar-refractivity contribution is -0.121. The summed E-state index contributed by atoms with van der Waals surface area (Å²) in [6.07, 6.45) is 4.21. The fraction of sp³-hybridized carbons (Fsp3) is 0.318. The molecule has 2 aromatic rings. The Morgan fingerprint density at radius 3 is 2.56 bits per heavy atom. The first-order chi connectivity index (χ1) is 12.9. The lowest BCUT2D eigenvalue weighted by Crippen LogP contribution is -2.29. The summed E-state index contributed by atoms with van der Waals surface area (Å²) in [5.74, 6) is 0.451. The Labute approximate surface area is 165 Å². The predicted octanol–water partition coefficient (Wildman–Crippen LogP) is 5.22. The zero-order valence-electron chi connectivity index (χ0n) is 15.8. The number of phenolic OH excluding ortho intramolecular Hbond substituents is 1. The van der Waals surface area contributed by atoms with Crippen LogP contribution in [0, 0.1) is 0 Å². The molecule has 1 aliphatic rings. The van der Waals surface area contributed by atoms with Crippen molar-refractivity contribution < 1.29 is 9.90 Å². The molecule has 5 heteroatoms. The number of carbonyl (C=O) groups is 1. The van der Waals surface area contributed by atoms with E-state index in [1.54, 1.807) is 13.0 Å². The molecule has 4 nitrogen and oxygen atoms in total. The second-order valence-corrected chi connectivity index (χ2v) is 7.45. The molecular formula is C22H25ClN2O2. The van der Waals surface area contributed by atoms with Crippen molar-refractivity contribution in [3.05, 3.63) is 63.7 Å².